The lowest BCUT2D eigenvalue weighted by Gasteiger charge is -2.33. The van der Waals surface area contributed by atoms with Gasteiger partial charge >= 0.3 is 5.91 Å². The maximum atomic E-state index is 14.5. The van der Waals surface area contributed by atoms with Gasteiger partial charge in [0.15, 0.2) is 5.76 Å². The topological polar surface area (TPSA) is 92.5 Å². The SMILES string of the molecule is Cc1ccc(S(=O)(=O)NC(=O)c2cc3c(F)cc(N4CCC4)cc3o2)c2ccncc12. The van der Waals surface area contributed by atoms with Gasteiger partial charge in [0.2, 0.25) is 0 Å². The van der Waals surface area contributed by atoms with Crippen molar-refractivity contribution in [2.75, 3.05) is 18.0 Å². The molecule has 2 aromatic carbocycles. The van der Waals surface area contributed by atoms with E-state index in [0.29, 0.717) is 16.5 Å². The Hall–Kier alpha value is -3.46. The maximum Gasteiger partial charge on any atom is 0.300 e. The number of halogens is 1. The first-order valence-corrected chi connectivity index (χ1v) is 11.2. The van der Waals surface area contributed by atoms with Crippen LogP contribution in [-0.2, 0) is 10.0 Å². The number of carbonyl (C=O) groups is 1. The maximum absolute atomic E-state index is 14.5. The van der Waals surface area contributed by atoms with E-state index in [9.17, 15) is 17.6 Å². The molecule has 2 aromatic heterocycles. The smallest absolute Gasteiger partial charge is 0.300 e. The summed E-state index contributed by atoms with van der Waals surface area (Å²) < 4.78 is 47.9. The van der Waals surface area contributed by atoms with E-state index in [4.69, 9.17) is 4.42 Å². The Morgan fingerprint density at radius 1 is 1.13 bits per heavy atom. The van der Waals surface area contributed by atoms with Crippen LogP contribution in [-0.4, -0.2) is 32.4 Å². The Bertz CT molecular complexity index is 1460. The van der Waals surface area contributed by atoms with Gasteiger partial charge in [0.1, 0.15) is 11.4 Å². The number of rotatable bonds is 4. The predicted octanol–water partition coefficient (Wildman–Crippen LogP) is 3.76. The Kier molecular flexibility index (Phi) is 4.44. The molecule has 31 heavy (non-hydrogen) atoms. The third-order valence-electron chi connectivity index (χ3n) is 5.53. The van der Waals surface area contributed by atoms with Gasteiger partial charge in [0, 0.05) is 54.1 Å². The standard InChI is InChI=1S/C22H18FN3O4S/c1-13-3-4-21(15-5-6-24-12-17(13)15)31(28,29)25-22(27)20-11-16-18(23)9-14(10-19(16)30-20)26-7-2-8-26/h3-6,9-12H,2,7-8H2,1H3,(H,25,27). The van der Waals surface area contributed by atoms with Crippen molar-refractivity contribution in [2.45, 2.75) is 18.2 Å². The molecule has 0 spiro atoms. The average Bonchev–Trinajstić information content (AvgIpc) is 3.12. The second-order valence-electron chi connectivity index (χ2n) is 7.53. The van der Waals surface area contributed by atoms with E-state index < -0.39 is 21.7 Å². The number of nitrogens with one attached hydrogen (secondary N) is 1. The number of aryl methyl sites for hydroxylation is 1. The molecule has 3 heterocycles. The molecular weight excluding hydrogens is 421 g/mol. The number of pyridine rings is 1. The number of anilines is 1. The molecule has 1 aliphatic rings. The molecule has 158 valence electrons. The Morgan fingerprint density at radius 3 is 2.68 bits per heavy atom. The van der Waals surface area contributed by atoms with Crippen LogP contribution in [0.1, 0.15) is 22.5 Å². The van der Waals surface area contributed by atoms with Gasteiger partial charge < -0.3 is 9.32 Å². The van der Waals surface area contributed by atoms with Gasteiger partial charge in [-0.25, -0.2) is 17.5 Å². The Morgan fingerprint density at radius 2 is 1.94 bits per heavy atom. The van der Waals surface area contributed by atoms with Crippen molar-refractivity contribution >= 4 is 43.4 Å². The number of benzene rings is 2. The number of furan rings is 1. The van der Waals surface area contributed by atoms with E-state index in [1.807, 2.05) is 16.5 Å². The van der Waals surface area contributed by atoms with Crippen LogP contribution < -0.4 is 9.62 Å². The molecule has 1 amide bonds. The van der Waals surface area contributed by atoms with E-state index in [1.54, 1.807) is 24.4 Å². The molecule has 1 saturated heterocycles. The van der Waals surface area contributed by atoms with Crippen molar-refractivity contribution < 1.29 is 22.0 Å². The van der Waals surface area contributed by atoms with Crippen LogP contribution in [0.2, 0.25) is 0 Å². The van der Waals surface area contributed by atoms with Crippen LogP contribution in [0, 0.1) is 12.7 Å². The second-order valence-corrected chi connectivity index (χ2v) is 9.18. The summed E-state index contributed by atoms with van der Waals surface area (Å²) in [5.74, 6) is -1.78. The first kappa shape index (κ1) is 19.5. The molecule has 1 fully saturated rings. The lowest BCUT2D eigenvalue weighted by atomic mass is 10.1. The Labute approximate surface area is 177 Å². The average molecular weight is 439 g/mol. The zero-order valence-electron chi connectivity index (χ0n) is 16.6. The lowest BCUT2D eigenvalue weighted by Crippen LogP contribution is -2.36. The third-order valence-corrected chi connectivity index (χ3v) is 6.92. The van der Waals surface area contributed by atoms with Crippen molar-refractivity contribution in [3.05, 3.63) is 65.9 Å². The highest BCUT2D eigenvalue weighted by atomic mass is 32.2. The fourth-order valence-electron chi connectivity index (χ4n) is 3.72. The fourth-order valence-corrected chi connectivity index (χ4v) is 4.89. The van der Waals surface area contributed by atoms with Crippen molar-refractivity contribution in [2.24, 2.45) is 0 Å². The van der Waals surface area contributed by atoms with Gasteiger partial charge in [-0.1, -0.05) is 6.07 Å². The number of hydrogen-bond acceptors (Lipinski definition) is 6. The molecule has 1 aliphatic heterocycles. The van der Waals surface area contributed by atoms with Crippen LogP contribution in [0.15, 0.2) is 58.1 Å². The van der Waals surface area contributed by atoms with Gasteiger partial charge in [0.25, 0.3) is 10.0 Å². The van der Waals surface area contributed by atoms with E-state index in [-0.39, 0.29) is 21.6 Å². The molecule has 0 unspecified atom stereocenters. The summed E-state index contributed by atoms with van der Waals surface area (Å²) in [5.41, 5.74) is 1.72. The number of carbonyl (C=O) groups excluding carboxylic acids is 1. The van der Waals surface area contributed by atoms with Gasteiger partial charge in [-0.05, 0) is 37.1 Å². The summed E-state index contributed by atoms with van der Waals surface area (Å²) >= 11 is 0. The van der Waals surface area contributed by atoms with Gasteiger partial charge in [-0.2, -0.15) is 0 Å². The number of amides is 1. The van der Waals surface area contributed by atoms with Gasteiger partial charge in [-0.3, -0.25) is 9.78 Å². The minimum Gasteiger partial charge on any atom is -0.451 e. The van der Waals surface area contributed by atoms with Gasteiger partial charge in [0.05, 0.1) is 10.3 Å². The van der Waals surface area contributed by atoms with E-state index in [1.165, 1.54) is 24.4 Å². The minimum atomic E-state index is -4.20. The molecule has 1 N–H and O–H groups in total. The zero-order valence-corrected chi connectivity index (χ0v) is 17.4. The molecular formula is C22H18FN3O4S. The minimum absolute atomic E-state index is 0.0498. The largest absolute Gasteiger partial charge is 0.451 e. The zero-order chi connectivity index (χ0) is 21.8. The summed E-state index contributed by atoms with van der Waals surface area (Å²) in [7, 11) is -4.20. The van der Waals surface area contributed by atoms with Crippen LogP contribution in [0.4, 0.5) is 10.1 Å². The number of fused-ring (bicyclic) bond motifs is 2. The lowest BCUT2D eigenvalue weighted by molar-refractivity contribution is 0.0956. The predicted molar refractivity (Wildman–Crippen MR) is 114 cm³/mol. The molecule has 0 saturated carbocycles. The molecule has 7 nitrogen and oxygen atoms in total. The summed E-state index contributed by atoms with van der Waals surface area (Å²) in [4.78, 5) is 18.6. The van der Waals surface area contributed by atoms with Gasteiger partial charge in [-0.15, -0.1) is 0 Å². The molecule has 4 aromatic rings. The summed E-state index contributed by atoms with van der Waals surface area (Å²) in [6, 6.07) is 8.93. The Balaban J connectivity index is 1.49. The summed E-state index contributed by atoms with van der Waals surface area (Å²) in [5, 5.41) is 1.24. The van der Waals surface area contributed by atoms with E-state index in [0.717, 1.165) is 25.1 Å². The van der Waals surface area contributed by atoms with Crippen LogP contribution in [0.5, 0.6) is 0 Å². The van der Waals surface area contributed by atoms with Crippen molar-refractivity contribution in [1.82, 2.24) is 9.71 Å². The van der Waals surface area contributed by atoms with Crippen molar-refractivity contribution in [1.29, 1.82) is 0 Å². The normalized spacial score (nSPS) is 14.1. The number of aromatic nitrogens is 1. The molecule has 0 bridgehead atoms. The fraction of sp³-hybridized carbons (Fsp3) is 0.182. The summed E-state index contributed by atoms with van der Waals surface area (Å²) in [6.07, 6.45) is 4.09. The highest BCUT2D eigenvalue weighted by Crippen LogP contribution is 2.31. The van der Waals surface area contributed by atoms with E-state index >= 15 is 0 Å². The number of hydrogen-bond donors (Lipinski definition) is 1. The third kappa shape index (κ3) is 3.31. The summed E-state index contributed by atoms with van der Waals surface area (Å²) in [6.45, 7) is 3.50. The monoisotopic (exact) mass is 439 g/mol. The van der Waals surface area contributed by atoms with Crippen LogP contribution >= 0.6 is 0 Å². The quantitative estimate of drug-likeness (QED) is 0.521. The second kappa shape index (κ2) is 7.05. The molecule has 5 rings (SSSR count). The van der Waals surface area contributed by atoms with Crippen molar-refractivity contribution in [3.63, 3.8) is 0 Å². The number of nitrogens with zero attached hydrogens (tertiary/aromatic N) is 2. The van der Waals surface area contributed by atoms with Crippen LogP contribution in [0.25, 0.3) is 21.7 Å². The number of sulfonamides is 1. The van der Waals surface area contributed by atoms with E-state index in [2.05, 4.69) is 4.98 Å². The first-order valence-electron chi connectivity index (χ1n) is 9.72. The molecule has 9 heteroatoms. The highest BCUT2D eigenvalue weighted by molar-refractivity contribution is 7.90. The van der Waals surface area contributed by atoms with Crippen molar-refractivity contribution in [3.8, 4) is 0 Å². The highest BCUT2D eigenvalue weighted by Gasteiger charge is 2.25. The molecule has 0 atom stereocenters. The molecule has 0 aliphatic carbocycles. The first-order chi connectivity index (χ1) is 14.8. The van der Waals surface area contributed by atoms with Crippen LogP contribution in [0.3, 0.4) is 0 Å². The molecule has 0 radical (unpaired) electrons.